The van der Waals surface area contributed by atoms with Crippen LogP contribution in [0.15, 0.2) is 41.3 Å². The lowest BCUT2D eigenvalue weighted by molar-refractivity contribution is -0.113. The number of methoxy groups -OCH3 is 2. The Bertz CT molecular complexity index is 680. The Morgan fingerprint density at radius 3 is 2.26 bits per heavy atom. The van der Waals surface area contributed by atoms with Crippen LogP contribution in [-0.4, -0.2) is 25.9 Å². The van der Waals surface area contributed by atoms with Crippen LogP contribution in [0.1, 0.15) is 11.1 Å². The van der Waals surface area contributed by atoms with Crippen molar-refractivity contribution in [1.29, 1.82) is 0 Å². The smallest absolute Gasteiger partial charge is 0.234 e. The lowest BCUT2D eigenvalue weighted by atomic mass is 10.1. The molecule has 0 radical (unpaired) electrons. The Balaban J connectivity index is 1.96. The summed E-state index contributed by atoms with van der Waals surface area (Å²) in [4.78, 5) is 13.1. The number of carbonyl (C=O) groups excluding carboxylic acids is 1. The van der Waals surface area contributed by atoms with E-state index in [1.54, 1.807) is 14.2 Å². The zero-order valence-electron chi connectivity index (χ0n) is 13.8. The number of thioether (sulfide) groups is 1. The number of ether oxygens (including phenoxy) is 2. The minimum atomic E-state index is -0.0326. The third-order valence-electron chi connectivity index (χ3n) is 3.23. The SMILES string of the molecule is COc1ccc(SCC(=O)Nc2cc(C)cc(C)c2)cc1OC. The largest absolute Gasteiger partial charge is 0.493 e. The molecule has 2 rings (SSSR count). The standard InChI is InChI=1S/C18H21NO3S/c1-12-7-13(2)9-14(8-12)19-18(20)11-23-15-5-6-16(21-3)17(10-15)22-4/h5-10H,11H2,1-4H3,(H,19,20). The summed E-state index contributed by atoms with van der Waals surface area (Å²) >= 11 is 1.46. The molecule has 0 aliphatic heterocycles. The molecular formula is C18H21NO3S. The summed E-state index contributed by atoms with van der Waals surface area (Å²) in [6, 6.07) is 11.6. The number of hydrogen-bond donors (Lipinski definition) is 1. The van der Waals surface area contributed by atoms with Gasteiger partial charge in [-0.25, -0.2) is 0 Å². The third kappa shape index (κ3) is 4.93. The van der Waals surface area contributed by atoms with Gasteiger partial charge in [-0.15, -0.1) is 11.8 Å². The molecule has 0 aromatic heterocycles. The number of aryl methyl sites for hydroxylation is 2. The highest BCUT2D eigenvalue weighted by atomic mass is 32.2. The molecule has 1 amide bonds. The molecule has 0 spiro atoms. The highest BCUT2D eigenvalue weighted by Gasteiger charge is 2.08. The van der Waals surface area contributed by atoms with Crippen molar-refractivity contribution in [2.24, 2.45) is 0 Å². The van der Waals surface area contributed by atoms with Crippen LogP contribution >= 0.6 is 11.8 Å². The van der Waals surface area contributed by atoms with Crippen LogP contribution in [0.5, 0.6) is 11.5 Å². The summed E-state index contributed by atoms with van der Waals surface area (Å²) in [5.41, 5.74) is 3.10. The van der Waals surface area contributed by atoms with E-state index in [0.29, 0.717) is 17.3 Å². The first-order valence-corrected chi connectivity index (χ1v) is 8.23. The monoisotopic (exact) mass is 331 g/mol. The molecule has 23 heavy (non-hydrogen) atoms. The van der Waals surface area contributed by atoms with E-state index in [4.69, 9.17) is 9.47 Å². The number of anilines is 1. The van der Waals surface area contributed by atoms with E-state index in [-0.39, 0.29) is 5.91 Å². The molecule has 122 valence electrons. The van der Waals surface area contributed by atoms with Crippen molar-refractivity contribution < 1.29 is 14.3 Å². The minimum Gasteiger partial charge on any atom is -0.493 e. The number of amides is 1. The van der Waals surface area contributed by atoms with E-state index < -0.39 is 0 Å². The van der Waals surface area contributed by atoms with Crippen molar-refractivity contribution in [3.05, 3.63) is 47.5 Å². The summed E-state index contributed by atoms with van der Waals surface area (Å²) < 4.78 is 10.5. The van der Waals surface area contributed by atoms with Gasteiger partial charge in [0.1, 0.15) is 0 Å². The van der Waals surface area contributed by atoms with Gasteiger partial charge < -0.3 is 14.8 Å². The molecule has 5 heteroatoms. The Labute approximate surface area is 141 Å². The van der Waals surface area contributed by atoms with Gasteiger partial charge in [-0.2, -0.15) is 0 Å². The lowest BCUT2D eigenvalue weighted by Crippen LogP contribution is -2.14. The van der Waals surface area contributed by atoms with Crippen molar-refractivity contribution in [2.45, 2.75) is 18.7 Å². The van der Waals surface area contributed by atoms with Crippen LogP contribution in [0.3, 0.4) is 0 Å². The van der Waals surface area contributed by atoms with Crippen LogP contribution in [0.25, 0.3) is 0 Å². The minimum absolute atomic E-state index is 0.0326. The lowest BCUT2D eigenvalue weighted by Gasteiger charge is -2.10. The number of benzene rings is 2. The molecule has 2 aromatic carbocycles. The molecule has 0 atom stereocenters. The maximum absolute atomic E-state index is 12.1. The van der Waals surface area contributed by atoms with E-state index in [2.05, 4.69) is 11.4 Å². The number of carbonyl (C=O) groups is 1. The van der Waals surface area contributed by atoms with Gasteiger partial charge in [-0.3, -0.25) is 4.79 Å². The molecule has 0 unspecified atom stereocenters. The van der Waals surface area contributed by atoms with Crippen molar-refractivity contribution >= 4 is 23.4 Å². The molecule has 0 heterocycles. The van der Waals surface area contributed by atoms with Crippen molar-refractivity contribution in [3.8, 4) is 11.5 Å². The fourth-order valence-electron chi connectivity index (χ4n) is 2.30. The molecule has 2 aromatic rings. The zero-order chi connectivity index (χ0) is 16.8. The predicted octanol–water partition coefficient (Wildman–Crippen LogP) is 4.05. The number of rotatable bonds is 6. The Kier molecular flexibility index (Phi) is 5.93. The van der Waals surface area contributed by atoms with E-state index >= 15 is 0 Å². The van der Waals surface area contributed by atoms with E-state index in [0.717, 1.165) is 21.7 Å². The van der Waals surface area contributed by atoms with Crippen LogP contribution in [0, 0.1) is 13.8 Å². The van der Waals surface area contributed by atoms with Gasteiger partial charge in [-0.1, -0.05) is 6.07 Å². The van der Waals surface area contributed by atoms with Gasteiger partial charge in [0, 0.05) is 10.6 Å². The van der Waals surface area contributed by atoms with Crippen molar-refractivity contribution in [1.82, 2.24) is 0 Å². The number of nitrogens with one attached hydrogen (secondary N) is 1. The second-order valence-corrected chi connectivity index (χ2v) is 6.28. The highest BCUT2D eigenvalue weighted by Crippen LogP contribution is 2.31. The summed E-state index contributed by atoms with van der Waals surface area (Å²) in [5.74, 6) is 1.64. The first kappa shape index (κ1) is 17.2. The van der Waals surface area contributed by atoms with Crippen LogP contribution in [0.2, 0.25) is 0 Å². The van der Waals surface area contributed by atoms with Crippen LogP contribution in [0.4, 0.5) is 5.69 Å². The maximum atomic E-state index is 12.1. The highest BCUT2D eigenvalue weighted by molar-refractivity contribution is 8.00. The molecule has 0 fully saturated rings. The molecule has 1 N–H and O–H groups in total. The van der Waals surface area contributed by atoms with Crippen molar-refractivity contribution in [2.75, 3.05) is 25.3 Å². The molecular weight excluding hydrogens is 310 g/mol. The maximum Gasteiger partial charge on any atom is 0.234 e. The number of hydrogen-bond acceptors (Lipinski definition) is 4. The Hall–Kier alpha value is -2.14. The average molecular weight is 331 g/mol. The van der Waals surface area contributed by atoms with Gasteiger partial charge in [-0.05, 0) is 55.3 Å². The van der Waals surface area contributed by atoms with Gasteiger partial charge in [0.25, 0.3) is 0 Å². The Morgan fingerprint density at radius 2 is 1.65 bits per heavy atom. The van der Waals surface area contributed by atoms with Gasteiger partial charge >= 0.3 is 0 Å². The topological polar surface area (TPSA) is 47.6 Å². The summed E-state index contributed by atoms with van der Waals surface area (Å²) in [6.45, 7) is 4.03. The van der Waals surface area contributed by atoms with Gasteiger partial charge in [0.2, 0.25) is 5.91 Å². The summed E-state index contributed by atoms with van der Waals surface area (Å²) in [5, 5.41) is 2.93. The summed E-state index contributed by atoms with van der Waals surface area (Å²) in [7, 11) is 3.20. The molecule has 0 saturated heterocycles. The molecule has 0 aliphatic carbocycles. The van der Waals surface area contributed by atoms with Crippen LogP contribution in [-0.2, 0) is 4.79 Å². The first-order chi connectivity index (χ1) is 11.0. The normalized spacial score (nSPS) is 10.3. The van der Waals surface area contributed by atoms with Gasteiger partial charge in [0.15, 0.2) is 11.5 Å². The fourth-order valence-corrected chi connectivity index (χ4v) is 3.02. The molecule has 0 saturated carbocycles. The average Bonchev–Trinajstić information content (AvgIpc) is 2.51. The van der Waals surface area contributed by atoms with E-state index in [1.807, 2.05) is 44.2 Å². The quantitative estimate of drug-likeness (QED) is 0.811. The first-order valence-electron chi connectivity index (χ1n) is 7.25. The predicted molar refractivity (Wildman–Crippen MR) is 94.8 cm³/mol. The molecule has 4 nitrogen and oxygen atoms in total. The molecule has 0 bridgehead atoms. The zero-order valence-corrected chi connectivity index (χ0v) is 14.6. The molecule has 0 aliphatic rings. The van der Waals surface area contributed by atoms with Crippen molar-refractivity contribution in [3.63, 3.8) is 0 Å². The van der Waals surface area contributed by atoms with Crippen LogP contribution < -0.4 is 14.8 Å². The fraction of sp³-hybridized carbons (Fsp3) is 0.278. The second kappa shape index (κ2) is 7.92. The van der Waals surface area contributed by atoms with E-state index in [9.17, 15) is 4.79 Å². The van der Waals surface area contributed by atoms with Gasteiger partial charge in [0.05, 0.1) is 20.0 Å². The second-order valence-electron chi connectivity index (χ2n) is 5.23. The third-order valence-corrected chi connectivity index (χ3v) is 4.22. The van der Waals surface area contributed by atoms with E-state index in [1.165, 1.54) is 11.8 Å². The summed E-state index contributed by atoms with van der Waals surface area (Å²) in [6.07, 6.45) is 0. The Morgan fingerprint density at radius 1 is 1.00 bits per heavy atom.